The van der Waals surface area contributed by atoms with Crippen molar-refractivity contribution in [2.75, 3.05) is 0 Å². The second-order valence-corrected chi connectivity index (χ2v) is 8.33. The van der Waals surface area contributed by atoms with Gasteiger partial charge in [-0.05, 0) is 67.6 Å². The molecule has 0 aromatic carbocycles. The van der Waals surface area contributed by atoms with E-state index < -0.39 is 0 Å². The summed E-state index contributed by atoms with van der Waals surface area (Å²) in [6.45, 7) is 10.5. The summed E-state index contributed by atoms with van der Waals surface area (Å²) in [5, 5.41) is 0. The van der Waals surface area contributed by atoms with E-state index in [0.717, 1.165) is 12.3 Å². The first-order chi connectivity index (χ1) is 9.37. The van der Waals surface area contributed by atoms with Gasteiger partial charge in [0, 0.05) is 6.08 Å². The zero-order valence-corrected chi connectivity index (χ0v) is 13.2. The van der Waals surface area contributed by atoms with Crippen molar-refractivity contribution in [1.82, 2.24) is 0 Å². The second-order valence-electron chi connectivity index (χ2n) is 8.33. The summed E-state index contributed by atoms with van der Waals surface area (Å²) in [5.74, 6) is 2.37. The van der Waals surface area contributed by atoms with Crippen LogP contribution in [0.25, 0.3) is 0 Å². The van der Waals surface area contributed by atoms with Gasteiger partial charge in [0.2, 0.25) is 0 Å². The number of carbonyl (C=O) groups is 1. The average Bonchev–Trinajstić information content (AvgIpc) is 2.33. The van der Waals surface area contributed by atoms with Crippen LogP contribution in [-0.2, 0) is 9.53 Å². The van der Waals surface area contributed by atoms with Crippen LogP contribution in [0.15, 0.2) is 12.7 Å². The molecule has 4 saturated carbocycles. The predicted molar refractivity (Wildman–Crippen MR) is 80.1 cm³/mol. The van der Waals surface area contributed by atoms with Crippen molar-refractivity contribution < 1.29 is 9.53 Å². The minimum absolute atomic E-state index is 0.199. The van der Waals surface area contributed by atoms with E-state index >= 15 is 0 Å². The molecule has 0 radical (unpaired) electrons. The Morgan fingerprint density at radius 3 is 2.35 bits per heavy atom. The van der Waals surface area contributed by atoms with Gasteiger partial charge in [0.25, 0.3) is 0 Å². The number of rotatable bonds is 4. The SMILES string of the molecule is C=CC(=O)OC1(CC(C)C)C2CC3CC1CC(C)(C3)C2. The molecule has 0 heterocycles. The standard InChI is InChI=1S/C18H28O2/c1-5-16(19)20-18(8-12(2)3)14-6-13-7-15(18)11-17(4,9-13)10-14/h5,12-15H,1,6-11H2,2-4H3. The van der Waals surface area contributed by atoms with Gasteiger partial charge in [-0.15, -0.1) is 0 Å². The van der Waals surface area contributed by atoms with Crippen molar-refractivity contribution in [3.63, 3.8) is 0 Å². The minimum atomic E-state index is -0.219. The Kier molecular flexibility index (Phi) is 3.26. The smallest absolute Gasteiger partial charge is 0.330 e. The van der Waals surface area contributed by atoms with E-state index in [9.17, 15) is 4.79 Å². The third kappa shape index (κ3) is 2.12. The molecule has 0 saturated heterocycles. The largest absolute Gasteiger partial charge is 0.455 e. The van der Waals surface area contributed by atoms with Gasteiger partial charge in [0.1, 0.15) is 5.60 Å². The van der Waals surface area contributed by atoms with Gasteiger partial charge in [0.15, 0.2) is 0 Å². The van der Waals surface area contributed by atoms with Gasteiger partial charge in [-0.3, -0.25) is 0 Å². The maximum Gasteiger partial charge on any atom is 0.330 e. The molecule has 4 bridgehead atoms. The Balaban J connectivity index is 1.93. The topological polar surface area (TPSA) is 26.3 Å². The van der Waals surface area contributed by atoms with E-state index in [1.165, 1.54) is 38.2 Å². The number of hydrogen-bond acceptors (Lipinski definition) is 2. The monoisotopic (exact) mass is 276 g/mol. The Morgan fingerprint density at radius 1 is 1.30 bits per heavy atom. The third-order valence-electron chi connectivity index (χ3n) is 6.06. The number of carbonyl (C=O) groups excluding carboxylic acids is 1. The summed E-state index contributed by atoms with van der Waals surface area (Å²) in [6, 6.07) is 0. The molecule has 4 aliphatic rings. The molecular formula is C18H28O2. The Labute approximate surface area is 123 Å². The Hall–Kier alpha value is -0.790. The summed E-state index contributed by atoms with van der Waals surface area (Å²) < 4.78 is 6.06. The first-order valence-corrected chi connectivity index (χ1v) is 8.22. The normalized spacial score (nSPS) is 45.7. The van der Waals surface area contributed by atoms with Gasteiger partial charge < -0.3 is 4.74 Å². The summed E-state index contributed by atoms with van der Waals surface area (Å²) in [4.78, 5) is 11.9. The van der Waals surface area contributed by atoms with Crippen molar-refractivity contribution in [3.05, 3.63) is 12.7 Å². The first-order valence-electron chi connectivity index (χ1n) is 8.22. The van der Waals surface area contributed by atoms with Gasteiger partial charge in [-0.25, -0.2) is 4.79 Å². The van der Waals surface area contributed by atoms with Crippen LogP contribution in [0.5, 0.6) is 0 Å². The average molecular weight is 276 g/mol. The summed E-state index contributed by atoms with van der Waals surface area (Å²) >= 11 is 0. The lowest BCUT2D eigenvalue weighted by Gasteiger charge is -2.64. The van der Waals surface area contributed by atoms with Crippen LogP contribution in [-0.4, -0.2) is 11.6 Å². The minimum Gasteiger partial charge on any atom is -0.455 e. The number of ether oxygens (including phenoxy) is 1. The lowest BCUT2D eigenvalue weighted by molar-refractivity contribution is -0.224. The molecule has 0 spiro atoms. The molecule has 4 fully saturated rings. The highest BCUT2D eigenvalue weighted by Gasteiger charge is 2.62. The highest BCUT2D eigenvalue weighted by atomic mass is 16.6. The third-order valence-corrected chi connectivity index (χ3v) is 6.06. The lowest BCUT2D eigenvalue weighted by atomic mass is 9.44. The van der Waals surface area contributed by atoms with E-state index in [1.54, 1.807) is 0 Å². The fourth-order valence-corrected chi connectivity index (χ4v) is 5.86. The molecule has 0 aliphatic heterocycles. The quantitative estimate of drug-likeness (QED) is 0.564. The zero-order valence-electron chi connectivity index (χ0n) is 13.2. The molecule has 112 valence electrons. The van der Waals surface area contributed by atoms with Crippen LogP contribution in [0, 0.1) is 29.1 Å². The molecule has 4 aliphatic carbocycles. The summed E-state index contributed by atoms with van der Waals surface area (Å²) in [5.41, 5.74) is 0.313. The lowest BCUT2D eigenvalue weighted by Crippen LogP contribution is -2.62. The van der Waals surface area contributed by atoms with E-state index in [1.807, 2.05) is 0 Å². The Morgan fingerprint density at radius 2 is 1.90 bits per heavy atom. The van der Waals surface area contributed by atoms with Crippen molar-refractivity contribution in [3.8, 4) is 0 Å². The first kappa shape index (κ1) is 14.2. The summed E-state index contributed by atoms with van der Waals surface area (Å²) in [6.07, 6.45) is 8.79. The molecule has 2 nitrogen and oxygen atoms in total. The second kappa shape index (κ2) is 4.61. The molecule has 2 heteroatoms. The van der Waals surface area contributed by atoms with Crippen LogP contribution in [0.2, 0.25) is 0 Å². The maximum atomic E-state index is 11.9. The fourth-order valence-electron chi connectivity index (χ4n) is 5.86. The molecule has 0 aromatic rings. The van der Waals surface area contributed by atoms with E-state index in [2.05, 4.69) is 27.4 Å². The van der Waals surface area contributed by atoms with Crippen LogP contribution in [0.1, 0.15) is 59.3 Å². The highest BCUT2D eigenvalue weighted by molar-refractivity contribution is 5.81. The zero-order chi connectivity index (χ0) is 14.5. The van der Waals surface area contributed by atoms with Crippen molar-refractivity contribution in [2.24, 2.45) is 29.1 Å². The van der Waals surface area contributed by atoms with Crippen molar-refractivity contribution in [2.45, 2.75) is 64.9 Å². The fraction of sp³-hybridized carbons (Fsp3) is 0.833. The van der Waals surface area contributed by atoms with Crippen molar-refractivity contribution >= 4 is 5.97 Å². The number of esters is 1. The van der Waals surface area contributed by atoms with Gasteiger partial charge in [0.05, 0.1) is 0 Å². The molecular weight excluding hydrogens is 248 g/mol. The molecule has 2 unspecified atom stereocenters. The van der Waals surface area contributed by atoms with Crippen LogP contribution < -0.4 is 0 Å². The predicted octanol–water partition coefficient (Wildman–Crippen LogP) is 4.35. The van der Waals surface area contributed by atoms with E-state index in [4.69, 9.17) is 4.74 Å². The Bertz CT molecular complexity index is 407. The highest BCUT2D eigenvalue weighted by Crippen LogP contribution is 2.65. The van der Waals surface area contributed by atoms with Crippen LogP contribution in [0.4, 0.5) is 0 Å². The molecule has 20 heavy (non-hydrogen) atoms. The molecule has 0 aromatic heterocycles. The van der Waals surface area contributed by atoms with Crippen molar-refractivity contribution in [1.29, 1.82) is 0 Å². The van der Waals surface area contributed by atoms with Gasteiger partial charge >= 0.3 is 5.97 Å². The van der Waals surface area contributed by atoms with E-state index in [-0.39, 0.29) is 11.6 Å². The van der Waals surface area contributed by atoms with Gasteiger partial charge in [-0.1, -0.05) is 27.4 Å². The summed E-state index contributed by atoms with van der Waals surface area (Å²) in [7, 11) is 0. The molecule has 0 N–H and O–H groups in total. The van der Waals surface area contributed by atoms with Gasteiger partial charge in [-0.2, -0.15) is 0 Å². The molecule has 4 rings (SSSR count). The van der Waals surface area contributed by atoms with Crippen LogP contribution in [0.3, 0.4) is 0 Å². The molecule has 2 atom stereocenters. The van der Waals surface area contributed by atoms with Crippen LogP contribution >= 0.6 is 0 Å². The molecule has 0 amide bonds. The maximum absolute atomic E-state index is 11.9. The van der Waals surface area contributed by atoms with E-state index in [0.29, 0.717) is 23.2 Å². The number of hydrogen-bond donors (Lipinski definition) is 0.